The molecule has 0 radical (unpaired) electrons. The Morgan fingerprint density at radius 2 is 1.57 bits per heavy atom. The van der Waals surface area contributed by atoms with E-state index in [4.69, 9.17) is 9.47 Å². The van der Waals surface area contributed by atoms with Gasteiger partial charge in [0.2, 0.25) is 0 Å². The van der Waals surface area contributed by atoms with Crippen LogP contribution < -0.4 is 9.47 Å². The van der Waals surface area contributed by atoms with E-state index in [1.807, 2.05) is 66.7 Å². The standard InChI is InChI=1S/C29H29NO3S.ClH/c1-32-23-13-11-22(12-14-23)29-27(25-7-3-4-8-26(25)34-29)28(31)21-9-15-24(16-10-21)33-20-19-30-17-5-2-6-18-30;/h3-4,7-16H,2,5-6,17-20H2,1H3;1H. The van der Waals surface area contributed by atoms with Gasteiger partial charge in [-0.25, -0.2) is 0 Å². The van der Waals surface area contributed by atoms with E-state index in [-0.39, 0.29) is 18.2 Å². The fourth-order valence-electron chi connectivity index (χ4n) is 4.54. The number of nitrogens with zero attached hydrogens (tertiary/aromatic N) is 1. The van der Waals surface area contributed by atoms with E-state index in [0.29, 0.717) is 12.2 Å². The van der Waals surface area contributed by atoms with E-state index in [1.54, 1.807) is 18.4 Å². The molecule has 1 aliphatic heterocycles. The molecule has 6 heteroatoms. The van der Waals surface area contributed by atoms with E-state index >= 15 is 0 Å². The molecule has 0 aliphatic carbocycles. The summed E-state index contributed by atoms with van der Waals surface area (Å²) in [6, 6.07) is 23.6. The molecule has 4 aromatic rings. The lowest BCUT2D eigenvalue weighted by atomic mass is 9.97. The molecular weight excluding hydrogens is 478 g/mol. The largest absolute Gasteiger partial charge is 0.497 e. The number of carbonyl (C=O) groups excluding carboxylic acids is 1. The van der Waals surface area contributed by atoms with Crippen LogP contribution >= 0.6 is 23.7 Å². The van der Waals surface area contributed by atoms with Crippen molar-refractivity contribution in [1.29, 1.82) is 0 Å². The quantitative estimate of drug-likeness (QED) is 0.238. The lowest BCUT2D eigenvalue weighted by Crippen LogP contribution is -2.33. The van der Waals surface area contributed by atoms with Gasteiger partial charge in [-0.1, -0.05) is 24.6 Å². The molecule has 4 nitrogen and oxygen atoms in total. The fourth-order valence-corrected chi connectivity index (χ4v) is 5.74. The second-order valence-electron chi connectivity index (χ2n) is 8.64. The van der Waals surface area contributed by atoms with Gasteiger partial charge in [0.25, 0.3) is 0 Å². The van der Waals surface area contributed by atoms with Crippen molar-refractivity contribution in [2.75, 3.05) is 33.4 Å². The number of hydrogen-bond acceptors (Lipinski definition) is 5. The van der Waals surface area contributed by atoms with Crippen LogP contribution in [0.2, 0.25) is 0 Å². The molecule has 1 aromatic heterocycles. The van der Waals surface area contributed by atoms with E-state index in [9.17, 15) is 4.79 Å². The average Bonchev–Trinajstić information content (AvgIpc) is 3.29. The van der Waals surface area contributed by atoms with Crippen molar-refractivity contribution in [3.63, 3.8) is 0 Å². The molecule has 1 fully saturated rings. The Kier molecular flexibility index (Phi) is 8.45. The molecule has 0 saturated carbocycles. The van der Waals surface area contributed by atoms with Crippen LogP contribution in [-0.2, 0) is 0 Å². The molecular formula is C29H30ClNO3S. The molecule has 0 amide bonds. The molecule has 35 heavy (non-hydrogen) atoms. The molecule has 0 bridgehead atoms. The Hall–Kier alpha value is -2.86. The van der Waals surface area contributed by atoms with E-state index in [2.05, 4.69) is 11.0 Å². The first kappa shape index (κ1) is 25.2. The predicted molar refractivity (Wildman–Crippen MR) is 147 cm³/mol. The van der Waals surface area contributed by atoms with Gasteiger partial charge in [0, 0.05) is 32.6 Å². The van der Waals surface area contributed by atoms with Crippen molar-refractivity contribution >= 4 is 39.6 Å². The monoisotopic (exact) mass is 507 g/mol. The molecule has 0 atom stereocenters. The van der Waals surface area contributed by atoms with Gasteiger partial charge >= 0.3 is 0 Å². The number of carbonyl (C=O) groups is 1. The van der Waals surface area contributed by atoms with Gasteiger partial charge in [0.1, 0.15) is 18.1 Å². The van der Waals surface area contributed by atoms with Gasteiger partial charge < -0.3 is 9.47 Å². The summed E-state index contributed by atoms with van der Waals surface area (Å²) in [7, 11) is 1.66. The van der Waals surface area contributed by atoms with E-state index < -0.39 is 0 Å². The first-order chi connectivity index (χ1) is 16.7. The summed E-state index contributed by atoms with van der Waals surface area (Å²) in [6.07, 6.45) is 3.91. The Balaban J connectivity index is 0.00000289. The Labute approximate surface area is 216 Å². The van der Waals surface area contributed by atoms with E-state index in [0.717, 1.165) is 44.1 Å². The minimum Gasteiger partial charge on any atom is -0.497 e. The number of ketones is 1. The van der Waals surface area contributed by atoms with Crippen molar-refractivity contribution in [3.8, 4) is 21.9 Å². The van der Waals surface area contributed by atoms with Crippen molar-refractivity contribution in [2.24, 2.45) is 0 Å². The number of rotatable bonds is 8. The summed E-state index contributed by atoms with van der Waals surface area (Å²) in [6.45, 7) is 3.96. The normalized spacial score (nSPS) is 13.9. The topological polar surface area (TPSA) is 38.8 Å². The van der Waals surface area contributed by atoms with Gasteiger partial charge in [0.05, 0.1) is 7.11 Å². The summed E-state index contributed by atoms with van der Waals surface area (Å²) in [5.41, 5.74) is 2.44. The zero-order chi connectivity index (χ0) is 23.3. The van der Waals surface area contributed by atoms with Crippen molar-refractivity contribution in [3.05, 3.63) is 83.9 Å². The number of methoxy groups -OCH3 is 1. The molecule has 3 aromatic carbocycles. The SMILES string of the molecule is COc1ccc(-c2sc3ccccc3c2C(=O)c2ccc(OCCN3CCCCC3)cc2)cc1.Cl. The van der Waals surface area contributed by atoms with Crippen molar-refractivity contribution in [2.45, 2.75) is 19.3 Å². The molecule has 0 spiro atoms. The second kappa shape index (κ2) is 11.7. The molecule has 182 valence electrons. The first-order valence-corrected chi connectivity index (χ1v) is 12.7. The second-order valence-corrected chi connectivity index (χ2v) is 9.69. The Morgan fingerprint density at radius 1 is 0.886 bits per heavy atom. The van der Waals surface area contributed by atoms with Crippen molar-refractivity contribution in [1.82, 2.24) is 4.90 Å². The molecule has 2 heterocycles. The summed E-state index contributed by atoms with van der Waals surface area (Å²) >= 11 is 1.65. The van der Waals surface area contributed by atoms with Gasteiger partial charge in [-0.3, -0.25) is 9.69 Å². The van der Waals surface area contributed by atoms with Crippen LogP contribution in [0.3, 0.4) is 0 Å². The van der Waals surface area contributed by atoms with Gasteiger partial charge in [-0.2, -0.15) is 0 Å². The number of benzene rings is 3. The average molecular weight is 508 g/mol. The molecule has 5 rings (SSSR count). The minimum absolute atomic E-state index is 0. The van der Waals surface area contributed by atoms with E-state index in [1.165, 1.54) is 32.4 Å². The third-order valence-electron chi connectivity index (χ3n) is 6.42. The summed E-state index contributed by atoms with van der Waals surface area (Å²) < 4.78 is 12.4. The van der Waals surface area contributed by atoms with Crippen LogP contribution in [0.4, 0.5) is 0 Å². The Morgan fingerprint density at radius 3 is 2.29 bits per heavy atom. The highest BCUT2D eigenvalue weighted by molar-refractivity contribution is 7.22. The molecule has 0 N–H and O–H groups in total. The zero-order valence-electron chi connectivity index (χ0n) is 19.9. The number of piperidine rings is 1. The maximum atomic E-state index is 13.7. The maximum absolute atomic E-state index is 13.7. The van der Waals surface area contributed by atoms with Crippen LogP contribution in [-0.4, -0.2) is 44.0 Å². The summed E-state index contributed by atoms with van der Waals surface area (Å²) in [4.78, 5) is 17.1. The minimum atomic E-state index is 0. The fraction of sp³-hybridized carbons (Fsp3) is 0.276. The predicted octanol–water partition coefficient (Wildman–Crippen LogP) is 7.09. The van der Waals surface area contributed by atoms with Crippen LogP contribution in [0.15, 0.2) is 72.8 Å². The number of ether oxygens (including phenoxy) is 2. The van der Waals surface area contributed by atoms with Crippen LogP contribution in [0.5, 0.6) is 11.5 Å². The molecule has 0 unspecified atom stereocenters. The lowest BCUT2D eigenvalue weighted by molar-refractivity contribution is 0.104. The van der Waals surface area contributed by atoms with Gasteiger partial charge in [-0.15, -0.1) is 23.7 Å². The number of hydrogen-bond donors (Lipinski definition) is 0. The first-order valence-electron chi connectivity index (χ1n) is 11.9. The Bertz CT molecular complexity index is 1260. The van der Waals surface area contributed by atoms with Crippen LogP contribution in [0.1, 0.15) is 35.2 Å². The summed E-state index contributed by atoms with van der Waals surface area (Å²) in [5, 5.41) is 0.991. The highest BCUT2D eigenvalue weighted by atomic mass is 35.5. The maximum Gasteiger partial charge on any atom is 0.195 e. The molecule has 1 saturated heterocycles. The number of likely N-dealkylation sites (tertiary alicyclic amines) is 1. The number of halogens is 1. The third kappa shape index (κ3) is 5.69. The zero-order valence-corrected chi connectivity index (χ0v) is 21.5. The van der Waals surface area contributed by atoms with Gasteiger partial charge in [0.15, 0.2) is 5.78 Å². The molecule has 1 aliphatic rings. The summed E-state index contributed by atoms with van der Waals surface area (Å²) in [5.74, 6) is 1.64. The van der Waals surface area contributed by atoms with Crippen LogP contribution in [0, 0.1) is 0 Å². The highest BCUT2D eigenvalue weighted by Gasteiger charge is 2.21. The van der Waals surface area contributed by atoms with Gasteiger partial charge in [-0.05, 0) is 86.1 Å². The number of fused-ring (bicyclic) bond motifs is 1. The van der Waals surface area contributed by atoms with Crippen molar-refractivity contribution < 1.29 is 14.3 Å². The highest BCUT2D eigenvalue weighted by Crippen LogP contribution is 2.40. The third-order valence-corrected chi connectivity index (χ3v) is 7.64. The van der Waals surface area contributed by atoms with Crippen LogP contribution in [0.25, 0.3) is 20.5 Å². The smallest absolute Gasteiger partial charge is 0.195 e. The lowest BCUT2D eigenvalue weighted by Gasteiger charge is -2.26. The number of thiophene rings is 1.